The highest BCUT2D eigenvalue weighted by Gasteiger charge is 2.27. The number of hydrogen-bond acceptors (Lipinski definition) is 4. The lowest BCUT2D eigenvalue weighted by molar-refractivity contribution is 0.113. The lowest BCUT2D eigenvalue weighted by atomic mass is 10.1. The van der Waals surface area contributed by atoms with Crippen molar-refractivity contribution in [2.45, 2.75) is 36.0 Å². The smallest absolute Gasteiger partial charge is 0.0976 e. The molecule has 3 rings (SSSR count). The minimum Gasteiger partial charge on any atom is -0.300 e. The molecule has 0 radical (unpaired) electrons. The van der Waals surface area contributed by atoms with Gasteiger partial charge in [-0.15, -0.1) is 11.8 Å². The number of piperazine rings is 1. The summed E-state index contributed by atoms with van der Waals surface area (Å²) in [6, 6.07) is 11.3. The fourth-order valence-electron chi connectivity index (χ4n) is 3.33. The van der Waals surface area contributed by atoms with Gasteiger partial charge in [0.25, 0.3) is 0 Å². The van der Waals surface area contributed by atoms with E-state index in [4.69, 9.17) is 5.26 Å². The average Bonchev–Trinajstić information content (AvgIpc) is 2.92. The summed E-state index contributed by atoms with van der Waals surface area (Å²) in [5.41, 5.74) is 1.52. The van der Waals surface area contributed by atoms with Gasteiger partial charge in [0, 0.05) is 42.9 Å². The zero-order chi connectivity index (χ0) is 14.7. The molecule has 3 nitrogen and oxygen atoms in total. The summed E-state index contributed by atoms with van der Waals surface area (Å²) >= 11 is 2.04. The zero-order valence-electron chi connectivity index (χ0n) is 12.7. The molecule has 0 spiro atoms. The molecule has 4 heteroatoms. The van der Waals surface area contributed by atoms with Crippen molar-refractivity contribution in [2.75, 3.05) is 32.7 Å². The Labute approximate surface area is 131 Å². The maximum Gasteiger partial charge on any atom is 0.0976 e. The molecule has 1 saturated heterocycles. The van der Waals surface area contributed by atoms with E-state index >= 15 is 0 Å². The first-order valence-electron chi connectivity index (χ1n) is 7.90. The summed E-state index contributed by atoms with van der Waals surface area (Å²) in [4.78, 5) is 6.38. The lowest BCUT2D eigenvalue weighted by Crippen LogP contribution is -2.51. The first-order chi connectivity index (χ1) is 10.3. The standard InChI is InChI=1S/C17H23N3S/c1-2-15(12-18)20-9-7-19(8-10-20)13-16-11-14-5-3-4-6-17(14)21-16/h3-6,15-16H,2,7-11,13H2,1H3. The van der Waals surface area contributed by atoms with Crippen LogP contribution in [0.3, 0.4) is 0 Å². The van der Waals surface area contributed by atoms with Gasteiger partial charge < -0.3 is 0 Å². The number of benzene rings is 1. The van der Waals surface area contributed by atoms with E-state index in [1.165, 1.54) is 23.4 Å². The van der Waals surface area contributed by atoms with Gasteiger partial charge in [0.15, 0.2) is 0 Å². The number of rotatable bonds is 4. The van der Waals surface area contributed by atoms with Gasteiger partial charge in [0.1, 0.15) is 0 Å². The molecule has 2 aliphatic heterocycles. The van der Waals surface area contributed by atoms with Gasteiger partial charge in [-0.1, -0.05) is 25.1 Å². The van der Waals surface area contributed by atoms with Gasteiger partial charge in [-0.2, -0.15) is 5.26 Å². The first-order valence-corrected chi connectivity index (χ1v) is 8.78. The van der Waals surface area contributed by atoms with Crippen molar-refractivity contribution in [3.63, 3.8) is 0 Å². The monoisotopic (exact) mass is 301 g/mol. The number of hydrogen-bond donors (Lipinski definition) is 0. The van der Waals surface area contributed by atoms with Crippen molar-refractivity contribution < 1.29 is 0 Å². The summed E-state index contributed by atoms with van der Waals surface area (Å²) in [6.07, 6.45) is 2.14. The molecule has 2 unspecified atom stereocenters. The number of fused-ring (bicyclic) bond motifs is 1. The second-order valence-corrected chi connectivity index (χ2v) is 7.28. The van der Waals surface area contributed by atoms with Gasteiger partial charge in [-0.3, -0.25) is 9.80 Å². The SMILES string of the molecule is CCC(C#N)N1CCN(CC2Cc3ccccc3S2)CC1. The van der Waals surface area contributed by atoms with Crippen molar-refractivity contribution in [3.8, 4) is 6.07 Å². The average molecular weight is 301 g/mol. The van der Waals surface area contributed by atoms with Gasteiger partial charge in [0.05, 0.1) is 12.1 Å². The van der Waals surface area contributed by atoms with Crippen LogP contribution < -0.4 is 0 Å². The van der Waals surface area contributed by atoms with E-state index in [-0.39, 0.29) is 6.04 Å². The van der Waals surface area contributed by atoms with E-state index in [0.717, 1.165) is 32.6 Å². The molecule has 0 aromatic heterocycles. The second-order valence-electron chi connectivity index (χ2n) is 5.94. The van der Waals surface area contributed by atoms with Crippen LogP contribution in [0.2, 0.25) is 0 Å². The van der Waals surface area contributed by atoms with E-state index in [2.05, 4.69) is 47.1 Å². The van der Waals surface area contributed by atoms with E-state index < -0.39 is 0 Å². The molecule has 2 heterocycles. The number of nitriles is 1. The highest BCUT2D eigenvalue weighted by atomic mass is 32.2. The van der Waals surface area contributed by atoms with Crippen LogP contribution in [0.25, 0.3) is 0 Å². The summed E-state index contributed by atoms with van der Waals surface area (Å²) in [6.45, 7) is 7.56. The number of nitrogens with zero attached hydrogens (tertiary/aromatic N) is 3. The van der Waals surface area contributed by atoms with E-state index in [9.17, 15) is 0 Å². The second kappa shape index (κ2) is 6.83. The summed E-state index contributed by atoms with van der Waals surface area (Å²) in [5.74, 6) is 0. The predicted octanol–water partition coefficient (Wildman–Crippen LogP) is 2.62. The molecule has 2 aliphatic rings. The van der Waals surface area contributed by atoms with Crippen LogP contribution >= 0.6 is 11.8 Å². The Balaban J connectivity index is 1.48. The molecular weight excluding hydrogens is 278 g/mol. The van der Waals surface area contributed by atoms with Crippen molar-refractivity contribution >= 4 is 11.8 Å². The fraction of sp³-hybridized carbons (Fsp3) is 0.588. The van der Waals surface area contributed by atoms with E-state index in [1.807, 2.05) is 11.8 Å². The molecule has 1 aromatic carbocycles. The lowest BCUT2D eigenvalue weighted by Gasteiger charge is -2.37. The van der Waals surface area contributed by atoms with E-state index in [0.29, 0.717) is 5.25 Å². The van der Waals surface area contributed by atoms with Crippen molar-refractivity contribution in [1.82, 2.24) is 9.80 Å². The Kier molecular flexibility index (Phi) is 4.84. The minimum atomic E-state index is 0.109. The Morgan fingerprint density at radius 1 is 1.29 bits per heavy atom. The molecule has 1 aromatic rings. The highest BCUT2D eigenvalue weighted by Crippen LogP contribution is 2.37. The highest BCUT2D eigenvalue weighted by molar-refractivity contribution is 8.00. The third kappa shape index (κ3) is 3.42. The van der Waals surface area contributed by atoms with Crippen molar-refractivity contribution in [3.05, 3.63) is 29.8 Å². The largest absolute Gasteiger partial charge is 0.300 e. The van der Waals surface area contributed by atoms with Crippen LogP contribution in [0.4, 0.5) is 0 Å². The Morgan fingerprint density at radius 2 is 2.05 bits per heavy atom. The van der Waals surface area contributed by atoms with Gasteiger partial charge in [0.2, 0.25) is 0 Å². The maximum atomic E-state index is 9.17. The molecule has 0 saturated carbocycles. The van der Waals surface area contributed by atoms with E-state index in [1.54, 1.807) is 0 Å². The first kappa shape index (κ1) is 14.9. The Hall–Kier alpha value is -1.02. The minimum absolute atomic E-state index is 0.109. The van der Waals surface area contributed by atoms with Crippen LogP contribution in [0.15, 0.2) is 29.2 Å². The van der Waals surface area contributed by atoms with Crippen molar-refractivity contribution in [2.24, 2.45) is 0 Å². The molecule has 21 heavy (non-hydrogen) atoms. The van der Waals surface area contributed by atoms with Crippen molar-refractivity contribution in [1.29, 1.82) is 5.26 Å². The molecular formula is C17H23N3S. The van der Waals surface area contributed by atoms with Crippen LogP contribution in [0.1, 0.15) is 18.9 Å². The Bertz CT molecular complexity index is 492. The molecule has 2 atom stereocenters. The van der Waals surface area contributed by atoms with Gasteiger partial charge in [-0.25, -0.2) is 0 Å². The Morgan fingerprint density at radius 3 is 2.71 bits per heavy atom. The van der Waals surface area contributed by atoms with Crippen LogP contribution in [0.5, 0.6) is 0 Å². The van der Waals surface area contributed by atoms with Crippen LogP contribution in [-0.2, 0) is 6.42 Å². The molecule has 112 valence electrons. The normalized spacial score (nSPS) is 24.5. The van der Waals surface area contributed by atoms with Crippen LogP contribution in [0, 0.1) is 11.3 Å². The summed E-state index contributed by atoms with van der Waals surface area (Å²) in [5, 5.41) is 9.87. The molecule has 1 fully saturated rings. The third-order valence-corrected chi connectivity index (χ3v) is 5.86. The molecule has 0 aliphatic carbocycles. The molecule has 0 bridgehead atoms. The molecule has 0 N–H and O–H groups in total. The quantitative estimate of drug-likeness (QED) is 0.855. The summed E-state index contributed by atoms with van der Waals surface area (Å²) in [7, 11) is 0. The topological polar surface area (TPSA) is 30.3 Å². The maximum absolute atomic E-state index is 9.17. The third-order valence-electron chi connectivity index (χ3n) is 4.56. The van der Waals surface area contributed by atoms with Crippen LogP contribution in [-0.4, -0.2) is 53.8 Å². The molecule has 0 amide bonds. The zero-order valence-corrected chi connectivity index (χ0v) is 13.5. The summed E-state index contributed by atoms with van der Waals surface area (Å²) < 4.78 is 0. The van der Waals surface area contributed by atoms with Gasteiger partial charge in [-0.05, 0) is 24.5 Å². The fourth-order valence-corrected chi connectivity index (χ4v) is 4.70. The predicted molar refractivity (Wildman–Crippen MR) is 87.5 cm³/mol. The van der Waals surface area contributed by atoms with Gasteiger partial charge >= 0.3 is 0 Å². The number of thioether (sulfide) groups is 1.